The van der Waals surface area contributed by atoms with Gasteiger partial charge in [0, 0.05) is 25.2 Å². The molecule has 0 unspecified atom stereocenters. The molecule has 3 aromatic rings. The number of anilines is 4. The fourth-order valence-electron chi connectivity index (χ4n) is 4.72. The number of amides is 5. The van der Waals surface area contributed by atoms with Crippen molar-refractivity contribution in [1.82, 2.24) is 10.2 Å². The summed E-state index contributed by atoms with van der Waals surface area (Å²) in [5.41, 5.74) is -0.267. The number of fused-ring (bicyclic) bond motifs is 1. The first-order valence-corrected chi connectivity index (χ1v) is 13.4. The Kier molecular flexibility index (Phi) is 8.97. The van der Waals surface area contributed by atoms with Crippen LogP contribution in [0.2, 0.25) is 0 Å². The number of likely N-dealkylation sites (N-methyl/N-ethyl adjacent to an activating group) is 1. The van der Waals surface area contributed by atoms with Crippen LogP contribution in [0.15, 0.2) is 72.8 Å². The number of imide groups is 1. The highest BCUT2D eigenvalue weighted by atomic mass is 19.4. The largest absolute Gasteiger partial charge is 0.416 e. The number of alkyl halides is 3. The van der Waals surface area contributed by atoms with E-state index >= 15 is 0 Å². The van der Waals surface area contributed by atoms with Crippen molar-refractivity contribution in [2.24, 2.45) is 0 Å². The number of hydrogen-bond donors (Lipinski definition) is 1. The maximum Gasteiger partial charge on any atom is 0.416 e. The third-order valence-corrected chi connectivity index (χ3v) is 6.94. The minimum atomic E-state index is -4.67. The molecule has 216 valence electrons. The van der Waals surface area contributed by atoms with Crippen LogP contribution < -0.4 is 20.0 Å². The van der Waals surface area contributed by atoms with Crippen molar-refractivity contribution in [3.8, 4) is 0 Å². The van der Waals surface area contributed by atoms with Gasteiger partial charge in [-0.2, -0.15) is 13.2 Å². The number of rotatable bonds is 9. The Morgan fingerprint density at radius 2 is 1.49 bits per heavy atom. The lowest BCUT2D eigenvalue weighted by molar-refractivity contribution is -0.137. The average molecular weight is 568 g/mol. The first-order chi connectivity index (χ1) is 19.6. The van der Waals surface area contributed by atoms with Crippen LogP contribution in [0.1, 0.15) is 36.7 Å². The molecular formula is C30H32F3N5O3. The monoisotopic (exact) mass is 567 g/mol. The van der Waals surface area contributed by atoms with Crippen LogP contribution in [0.5, 0.6) is 0 Å². The van der Waals surface area contributed by atoms with E-state index in [1.807, 2.05) is 13.8 Å². The number of benzene rings is 3. The summed E-state index contributed by atoms with van der Waals surface area (Å²) in [7, 11) is 0. The summed E-state index contributed by atoms with van der Waals surface area (Å²) in [6.07, 6.45) is -4.67. The number of nitrogens with zero attached hydrogens (tertiary/aromatic N) is 4. The van der Waals surface area contributed by atoms with Gasteiger partial charge in [-0.1, -0.05) is 38.1 Å². The summed E-state index contributed by atoms with van der Waals surface area (Å²) in [6.45, 7) is 8.58. The molecule has 0 fully saturated rings. The molecule has 0 aliphatic carbocycles. The molecule has 4 rings (SSSR count). The Bertz CT molecular complexity index is 1410. The SMILES string of the molecule is CCN(CC)CCNC(=O)c1cccc(N2C(=O)N(CC)c3ccc(C(F)(F)F)cc3N(c3ccccc3)C2=O)c1. The van der Waals surface area contributed by atoms with Gasteiger partial charge in [0.1, 0.15) is 0 Å². The zero-order valence-corrected chi connectivity index (χ0v) is 23.1. The van der Waals surface area contributed by atoms with E-state index in [0.29, 0.717) is 13.1 Å². The van der Waals surface area contributed by atoms with Crippen LogP contribution >= 0.6 is 0 Å². The molecule has 11 heteroatoms. The van der Waals surface area contributed by atoms with Gasteiger partial charge >= 0.3 is 18.2 Å². The smallest absolute Gasteiger partial charge is 0.351 e. The van der Waals surface area contributed by atoms with Gasteiger partial charge in [0.25, 0.3) is 5.91 Å². The molecule has 3 aromatic carbocycles. The summed E-state index contributed by atoms with van der Waals surface area (Å²) in [5.74, 6) is -0.376. The summed E-state index contributed by atoms with van der Waals surface area (Å²) in [6, 6.07) is 15.5. The zero-order chi connectivity index (χ0) is 29.7. The number of para-hydroxylation sites is 1. The quantitative estimate of drug-likeness (QED) is 0.320. The lowest BCUT2D eigenvalue weighted by Crippen LogP contribution is -2.48. The van der Waals surface area contributed by atoms with E-state index in [2.05, 4.69) is 10.2 Å². The van der Waals surface area contributed by atoms with Crippen molar-refractivity contribution in [2.45, 2.75) is 26.9 Å². The summed E-state index contributed by atoms with van der Waals surface area (Å²) < 4.78 is 41.2. The van der Waals surface area contributed by atoms with Crippen LogP contribution in [0.25, 0.3) is 0 Å². The molecular weight excluding hydrogens is 535 g/mol. The Labute approximate surface area is 236 Å². The topological polar surface area (TPSA) is 76.2 Å². The fraction of sp³-hybridized carbons (Fsp3) is 0.300. The minimum absolute atomic E-state index is 0.0785. The van der Waals surface area contributed by atoms with Crippen molar-refractivity contribution in [3.63, 3.8) is 0 Å². The zero-order valence-electron chi connectivity index (χ0n) is 23.1. The normalized spacial score (nSPS) is 13.9. The molecule has 0 saturated heterocycles. The Morgan fingerprint density at radius 3 is 2.12 bits per heavy atom. The minimum Gasteiger partial charge on any atom is -0.351 e. The first kappa shape index (κ1) is 29.6. The average Bonchev–Trinajstić information content (AvgIpc) is 3.05. The number of halogens is 3. The molecule has 0 bridgehead atoms. The maximum absolute atomic E-state index is 14.2. The molecule has 0 radical (unpaired) electrons. The van der Waals surface area contributed by atoms with Crippen molar-refractivity contribution in [3.05, 3.63) is 83.9 Å². The van der Waals surface area contributed by atoms with Crippen LogP contribution in [0, 0.1) is 0 Å². The van der Waals surface area contributed by atoms with E-state index in [0.717, 1.165) is 35.0 Å². The fourth-order valence-corrected chi connectivity index (χ4v) is 4.72. The van der Waals surface area contributed by atoms with E-state index in [9.17, 15) is 27.6 Å². The molecule has 0 atom stereocenters. The lowest BCUT2D eigenvalue weighted by atomic mass is 10.1. The van der Waals surface area contributed by atoms with Crippen molar-refractivity contribution in [2.75, 3.05) is 47.4 Å². The van der Waals surface area contributed by atoms with Gasteiger partial charge in [-0.05, 0) is 68.5 Å². The van der Waals surface area contributed by atoms with Crippen LogP contribution in [0.3, 0.4) is 0 Å². The molecule has 41 heavy (non-hydrogen) atoms. The third kappa shape index (κ3) is 6.19. The highest BCUT2D eigenvalue weighted by molar-refractivity contribution is 6.28. The molecule has 8 nitrogen and oxygen atoms in total. The van der Waals surface area contributed by atoms with Crippen molar-refractivity contribution in [1.29, 1.82) is 0 Å². The maximum atomic E-state index is 14.2. The van der Waals surface area contributed by atoms with Gasteiger partial charge in [-0.25, -0.2) is 14.5 Å². The van der Waals surface area contributed by atoms with E-state index in [4.69, 9.17) is 0 Å². The number of carbonyl (C=O) groups is 3. The van der Waals surface area contributed by atoms with Crippen molar-refractivity contribution >= 4 is 40.7 Å². The number of carbonyl (C=O) groups excluding carboxylic acids is 3. The Morgan fingerprint density at radius 1 is 0.805 bits per heavy atom. The van der Waals surface area contributed by atoms with E-state index in [-0.39, 0.29) is 40.8 Å². The second kappa shape index (κ2) is 12.4. The Hall–Kier alpha value is -4.38. The van der Waals surface area contributed by atoms with Crippen LogP contribution in [0.4, 0.5) is 45.5 Å². The first-order valence-electron chi connectivity index (χ1n) is 13.4. The molecule has 1 N–H and O–H groups in total. The van der Waals surface area contributed by atoms with Crippen LogP contribution in [-0.2, 0) is 6.18 Å². The second-order valence-corrected chi connectivity index (χ2v) is 9.35. The summed E-state index contributed by atoms with van der Waals surface area (Å²) >= 11 is 0. The van der Waals surface area contributed by atoms with E-state index < -0.39 is 23.8 Å². The van der Waals surface area contributed by atoms with Gasteiger partial charge < -0.3 is 10.2 Å². The second-order valence-electron chi connectivity index (χ2n) is 9.35. The predicted molar refractivity (Wildman–Crippen MR) is 153 cm³/mol. The lowest BCUT2D eigenvalue weighted by Gasteiger charge is -2.27. The number of urea groups is 2. The molecule has 1 aliphatic rings. The summed E-state index contributed by atoms with van der Waals surface area (Å²) in [5, 5.41) is 2.86. The van der Waals surface area contributed by atoms with Gasteiger partial charge in [-0.15, -0.1) is 0 Å². The molecule has 1 heterocycles. The highest BCUT2D eigenvalue weighted by Crippen LogP contribution is 2.43. The van der Waals surface area contributed by atoms with Gasteiger partial charge in [0.2, 0.25) is 0 Å². The van der Waals surface area contributed by atoms with Gasteiger partial charge in [0.05, 0.1) is 28.3 Å². The van der Waals surface area contributed by atoms with E-state index in [1.165, 1.54) is 23.1 Å². The standard InChI is InChI=1S/C30H32F3N5O3/c1-4-35(5-2)18-17-34-27(39)21-11-10-14-24(19-21)38-28(40)36(6-3)25-16-15-22(30(31,32)33)20-26(25)37(29(38)41)23-12-8-7-9-13-23/h7-16,19-20H,4-6,17-18H2,1-3H3,(H,34,39). The van der Waals surface area contributed by atoms with E-state index in [1.54, 1.807) is 49.4 Å². The molecule has 1 aliphatic heterocycles. The predicted octanol–water partition coefficient (Wildman–Crippen LogP) is 6.50. The molecule has 0 saturated carbocycles. The van der Waals surface area contributed by atoms with Gasteiger partial charge in [0.15, 0.2) is 0 Å². The van der Waals surface area contributed by atoms with Gasteiger partial charge in [-0.3, -0.25) is 14.6 Å². The molecule has 0 aromatic heterocycles. The molecule has 5 amide bonds. The Balaban J connectivity index is 1.78. The molecule has 0 spiro atoms. The number of hydrogen-bond acceptors (Lipinski definition) is 4. The number of nitrogens with one attached hydrogen (secondary N) is 1. The highest BCUT2D eigenvalue weighted by Gasteiger charge is 2.41. The van der Waals surface area contributed by atoms with Crippen LogP contribution in [-0.4, -0.2) is 55.6 Å². The third-order valence-electron chi connectivity index (χ3n) is 6.94. The summed E-state index contributed by atoms with van der Waals surface area (Å²) in [4.78, 5) is 46.4. The van der Waals surface area contributed by atoms with Crippen molar-refractivity contribution < 1.29 is 27.6 Å².